The van der Waals surface area contributed by atoms with Gasteiger partial charge >= 0.3 is 5.69 Å². The Kier molecular flexibility index (Phi) is 4.84. The third-order valence-corrected chi connectivity index (χ3v) is 2.86. The van der Waals surface area contributed by atoms with Crippen molar-refractivity contribution in [3.63, 3.8) is 0 Å². The second-order valence-corrected chi connectivity index (χ2v) is 4.38. The van der Waals surface area contributed by atoms with Gasteiger partial charge in [0, 0.05) is 18.7 Å². The number of ether oxygens (including phenoxy) is 2. The van der Waals surface area contributed by atoms with Crippen molar-refractivity contribution in [2.75, 3.05) is 7.11 Å². The summed E-state index contributed by atoms with van der Waals surface area (Å²) in [5.41, 5.74) is 0.514. The summed E-state index contributed by atoms with van der Waals surface area (Å²) < 4.78 is 24.4. The van der Waals surface area contributed by atoms with Gasteiger partial charge in [-0.3, -0.25) is 10.1 Å². The van der Waals surface area contributed by atoms with Crippen molar-refractivity contribution in [1.29, 1.82) is 0 Å². The minimum Gasteiger partial charge on any atom is -0.489 e. The highest BCUT2D eigenvalue weighted by molar-refractivity contribution is 5.37. The second-order valence-electron chi connectivity index (χ2n) is 4.38. The minimum absolute atomic E-state index is 0.0794. The van der Waals surface area contributed by atoms with E-state index in [9.17, 15) is 14.5 Å². The summed E-state index contributed by atoms with van der Waals surface area (Å²) in [6.45, 7) is 0.367. The van der Waals surface area contributed by atoms with Gasteiger partial charge in [0.05, 0.1) is 11.5 Å². The molecule has 21 heavy (non-hydrogen) atoms. The fourth-order valence-electron chi connectivity index (χ4n) is 1.87. The van der Waals surface area contributed by atoms with Crippen LogP contribution in [0.3, 0.4) is 0 Å². The number of benzene rings is 2. The van der Waals surface area contributed by atoms with Crippen LogP contribution in [0.2, 0.25) is 0 Å². The topological polar surface area (TPSA) is 61.6 Å². The smallest absolute Gasteiger partial charge is 0.305 e. The first kappa shape index (κ1) is 14.9. The molecular formula is C15H14FNO4. The van der Waals surface area contributed by atoms with Crippen molar-refractivity contribution in [3.05, 3.63) is 69.5 Å². The molecule has 2 aromatic carbocycles. The van der Waals surface area contributed by atoms with Crippen LogP contribution >= 0.6 is 0 Å². The van der Waals surface area contributed by atoms with Gasteiger partial charge in [0.2, 0.25) is 5.82 Å². The molecule has 0 amide bonds. The van der Waals surface area contributed by atoms with Gasteiger partial charge < -0.3 is 9.47 Å². The average molecular weight is 291 g/mol. The van der Waals surface area contributed by atoms with Crippen LogP contribution < -0.4 is 4.74 Å². The fraction of sp³-hybridized carbons (Fsp3) is 0.200. The van der Waals surface area contributed by atoms with Gasteiger partial charge in [-0.2, -0.15) is 4.39 Å². The van der Waals surface area contributed by atoms with Crippen LogP contribution in [0.1, 0.15) is 11.1 Å². The van der Waals surface area contributed by atoms with Crippen LogP contribution in [-0.4, -0.2) is 12.0 Å². The molecule has 0 bridgehead atoms. The Morgan fingerprint density at radius 1 is 1.19 bits per heavy atom. The van der Waals surface area contributed by atoms with Crippen molar-refractivity contribution < 1.29 is 18.8 Å². The van der Waals surface area contributed by atoms with Gasteiger partial charge in [0.15, 0.2) is 0 Å². The van der Waals surface area contributed by atoms with Crippen LogP contribution in [0, 0.1) is 15.9 Å². The van der Waals surface area contributed by atoms with Gasteiger partial charge in [-0.15, -0.1) is 0 Å². The monoisotopic (exact) mass is 291 g/mol. The van der Waals surface area contributed by atoms with E-state index < -0.39 is 16.4 Å². The van der Waals surface area contributed by atoms with E-state index in [-0.39, 0.29) is 12.2 Å². The summed E-state index contributed by atoms with van der Waals surface area (Å²) in [6.07, 6.45) is 0. The third-order valence-electron chi connectivity index (χ3n) is 2.86. The number of rotatable bonds is 6. The normalized spacial score (nSPS) is 10.4. The molecule has 0 aliphatic rings. The van der Waals surface area contributed by atoms with Crippen molar-refractivity contribution in [3.8, 4) is 5.75 Å². The largest absolute Gasteiger partial charge is 0.489 e. The maximum atomic E-state index is 13.9. The zero-order valence-electron chi connectivity index (χ0n) is 11.4. The third kappa shape index (κ3) is 3.76. The molecular weight excluding hydrogens is 277 g/mol. The molecule has 0 heterocycles. The van der Waals surface area contributed by atoms with Crippen LogP contribution in [0.25, 0.3) is 0 Å². The Bertz CT molecular complexity index is 645. The van der Waals surface area contributed by atoms with Crippen molar-refractivity contribution in [2.24, 2.45) is 0 Å². The van der Waals surface area contributed by atoms with E-state index in [0.717, 1.165) is 11.6 Å². The molecule has 0 aromatic heterocycles. The van der Waals surface area contributed by atoms with Gasteiger partial charge in [-0.25, -0.2) is 0 Å². The van der Waals surface area contributed by atoms with E-state index in [4.69, 9.17) is 9.47 Å². The lowest BCUT2D eigenvalue weighted by Crippen LogP contribution is -2.02. The van der Waals surface area contributed by atoms with Crippen molar-refractivity contribution >= 4 is 5.69 Å². The van der Waals surface area contributed by atoms with Crippen LogP contribution in [0.4, 0.5) is 10.1 Å². The lowest BCUT2D eigenvalue weighted by atomic mass is 10.2. The number of nitrogens with zero attached hydrogens (tertiary/aromatic N) is 1. The molecule has 0 atom stereocenters. The van der Waals surface area contributed by atoms with Gasteiger partial charge in [-0.05, 0) is 17.7 Å². The van der Waals surface area contributed by atoms with Crippen molar-refractivity contribution in [1.82, 2.24) is 0 Å². The lowest BCUT2D eigenvalue weighted by molar-refractivity contribution is -0.387. The Balaban J connectivity index is 2.11. The molecule has 0 unspecified atom stereocenters. The number of halogens is 1. The first-order chi connectivity index (χ1) is 10.1. The Labute approximate surface area is 121 Å². The number of hydrogen-bond acceptors (Lipinski definition) is 4. The molecule has 0 aliphatic carbocycles. The molecule has 110 valence electrons. The summed E-state index contributed by atoms with van der Waals surface area (Å²) in [6, 6.07) is 11.2. The van der Waals surface area contributed by atoms with Gasteiger partial charge in [0.1, 0.15) is 12.4 Å². The summed E-state index contributed by atoms with van der Waals surface area (Å²) in [5, 5.41) is 10.7. The number of hydrogen-bond donors (Lipinski definition) is 0. The van der Waals surface area contributed by atoms with E-state index in [1.54, 1.807) is 25.3 Å². The first-order valence-corrected chi connectivity index (χ1v) is 6.24. The molecule has 0 saturated heterocycles. The highest BCUT2D eigenvalue weighted by atomic mass is 19.1. The second kappa shape index (κ2) is 6.81. The van der Waals surface area contributed by atoms with Crippen molar-refractivity contribution in [2.45, 2.75) is 13.2 Å². The number of methoxy groups -OCH3 is 1. The molecule has 5 nitrogen and oxygen atoms in total. The minimum atomic E-state index is -0.865. The average Bonchev–Trinajstić information content (AvgIpc) is 2.46. The predicted molar refractivity (Wildman–Crippen MR) is 74.5 cm³/mol. The van der Waals surface area contributed by atoms with Crippen LogP contribution in [0.5, 0.6) is 5.75 Å². The predicted octanol–water partition coefficient (Wildman–Crippen LogP) is 3.46. The van der Waals surface area contributed by atoms with E-state index in [1.165, 1.54) is 12.1 Å². The Morgan fingerprint density at radius 2 is 1.95 bits per heavy atom. The van der Waals surface area contributed by atoms with Gasteiger partial charge in [-0.1, -0.05) is 24.3 Å². The first-order valence-electron chi connectivity index (χ1n) is 6.24. The standard InChI is InChI=1S/C15H14FNO4/c1-20-9-11-4-2-6-13(8-11)21-10-12-5-3-7-14(15(12)16)17(18)19/h2-8H,9-10H2,1H3. The molecule has 0 saturated carbocycles. The zero-order chi connectivity index (χ0) is 15.2. The molecule has 0 spiro atoms. The summed E-state index contributed by atoms with van der Waals surface area (Å²) in [4.78, 5) is 9.92. The number of nitro groups is 1. The van der Waals surface area contributed by atoms with E-state index in [0.29, 0.717) is 12.4 Å². The van der Waals surface area contributed by atoms with E-state index in [1.807, 2.05) is 6.07 Å². The Morgan fingerprint density at radius 3 is 2.67 bits per heavy atom. The summed E-state index contributed by atoms with van der Waals surface area (Å²) in [5.74, 6) is -0.314. The highest BCUT2D eigenvalue weighted by Gasteiger charge is 2.17. The van der Waals surface area contributed by atoms with Crippen LogP contribution in [0.15, 0.2) is 42.5 Å². The molecule has 2 aromatic rings. The molecule has 0 fully saturated rings. The molecule has 0 N–H and O–H groups in total. The molecule has 6 heteroatoms. The summed E-state index contributed by atoms with van der Waals surface area (Å²) in [7, 11) is 1.59. The molecule has 0 aliphatic heterocycles. The van der Waals surface area contributed by atoms with E-state index in [2.05, 4.69) is 0 Å². The zero-order valence-corrected chi connectivity index (χ0v) is 11.4. The number of nitro benzene ring substituents is 1. The lowest BCUT2D eigenvalue weighted by Gasteiger charge is -2.08. The fourth-order valence-corrected chi connectivity index (χ4v) is 1.87. The SMILES string of the molecule is COCc1cccc(OCc2cccc([N+](=O)[O-])c2F)c1. The van der Waals surface area contributed by atoms with E-state index >= 15 is 0 Å². The quantitative estimate of drug-likeness (QED) is 0.604. The summed E-state index contributed by atoms with van der Waals surface area (Å²) >= 11 is 0. The van der Waals surface area contributed by atoms with Gasteiger partial charge in [0.25, 0.3) is 0 Å². The highest BCUT2D eigenvalue weighted by Crippen LogP contribution is 2.22. The molecule has 0 radical (unpaired) electrons. The maximum absolute atomic E-state index is 13.9. The Hall–Kier alpha value is -2.47. The maximum Gasteiger partial charge on any atom is 0.305 e. The molecule has 2 rings (SSSR count). The van der Waals surface area contributed by atoms with Crippen LogP contribution in [-0.2, 0) is 18.0 Å².